The second-order valence-corrected chi connectivity index (χ2v) is 3.07. The average Bonchev–Trinajstić information content (AvgIpc) is 2.16. The van der Waals surface area contributed by atoms with Gasteiger partial charge in [0, 0.05) is 0 Å². The number of benzene rings is 1. The van der Waals surface area contributed by atoms with Crippen molar-refractivity contribution in [2.75, 3.05) is 7.11 Å². The third kappa shape index (κ3) is 1.70. The number of halogens is 1. The zero-order chi connectivity index (χ0) is 10.7. The van der Waals surface area contributed by atoms with Crippen LogP contribution in [0.15, 0.2) is 12.1 Å². The summed E-state index contributed by atoms with van der Waals surface area (Å²) in [6.45, 7) is 1.36. The number of methoxy groups -OCH3 is 1. The van der Waals surface area contributed by atoms with E-state index in [9.17, 15) is 4.79 Å². The van der Waals surface area contributed by atoms with Crippen LogP contribution in [0, 0.1) is 11.3 Å². The van der Waals surface area contributed by atoms with E-state index in [0.29, 0.717) is 5.75 Å². The summed E-state index contributed by atoms with van der Waals surface area (Å²) in [5, 5.41) is 9.14. The first-order valence-electron chi connectivity index (χ1n) is 3.89. The van der Waals surface area contributed by atoms with Gasteiger partial charge in [-0.05, 0) is 19.1 Å². The second-order valence-electron chi connectivity index (χ2n) is 2.67. The van der Waals surface area contributed by atoms with Crippen molar-refractivity contribution in [3.63, 3.8) is 0 Å². The van der Waals surface area contributed by atoms with Gasteiger partial charge in [0.25, 0.3) is 0 Å². The van der Waals surface area contributed by atoms with Gasteiger partial charge in [0.2, 0.25) is 0 Å². The van der Waals surface area contributed by atoms with Crippen molar-refractivity contribution in [2.45, 2.75) is 6.92 Å². The molecular weight excluding hydrogens is 202 g/mol. The number of carbonyl (C=O) groups excluding carboxylic acids is 1. The quantitative estimate of drug-likeness (QED) is 0.703. The minimum Gasteiger partial charge on any atom is -0.495 e. The maximum Gasteiger partial charge on any atom is 0.162 e. The number of rotatable bonds is 2. The number of carbonyl (C=O) groups is 1. The monoisotopic (exact) mass is 209 g/mol. The predicted molar refractivity (Wildman–Crippen MR) is 52.7 cm³/mol. The van der Waals surface area contributed by atoms with Gasteiger partial charge >= 0.3 is 0 Å². The molecule has 3 nitrogen and oxygen atoms in total. The van der Waals surface area contributed by atoms with Crippen molar-refractivity contribution >= 4 is 17.4 Å². The Bertz CT molecular complexity index is 421. The van der Waals surface area contributed by atoms with E-state index < -0.39 is 0 Å². The lowest BCUT2D eigenvalue weighted by atomic mass is 10.0. The Morgan fingerprint density at radius 3 is 2.64 bits per heavy atom. The fourth-order valence-corrected chi connectivity index (χ4v) is 1.47. The molecule has 0 atom stereocenters. The molecule has 0 radical (unpaired) electrons. The minimum absolute atomic E-state index is 0.188. The van der Waals surface area contributed by atoms with Crippen LogP contribution in [0.3, 0.4) is 0 Å². The maximum absolute atomic E-state index is 11.2. The summed E-state index contributed by atoms with van der Waals surface area (Å²) in [6.07, 6.45) is 0. The van der Waals surface area contributed by atoms with Gasteiger partial charge in [0.15, 0.2) is 5.78 Å². The molecule has 0 aliphatic heterocycles. The number of nitriles is 1. The molecular formula is C10H8ClNO2. The first-order valence-corrected chi connectivity index (χ1v) is 4.27. The zero-order valence-electron chi connectivity index (χ0n) is 7.80. The van der Waals surface area contributed by atoms with Gasteiger partial charge in [0.1, 0.15) is 17.4 Å². The third-order valence-electron chi connectivity index (χ3n) is 1.80. The van der Waals surface area contributed by atoms with Crippen molar-refractivity contribution in [1.29, 1.82) is 5.26 Å². The normalized spacial score (nSPS) is 9.29. The molecule has 0 saturated carbocycles. The van der Waals surface area contributed by atoms with Crippen LogP contribution in [0.2, 0.25) is 5.02 Å². The molecule has 0 spiro atoms. The Morgan fingerprint density at radius 1 is 1.57 bits per heavy atom. The summed E-state index contributed by atoms with van der Waals surface area (Å²) in [4.78, 5) is 11.2. The smallest absolute Gasteiger partial charge is 0.162 e. The van der Waals surface area contributed by atoms with Crippen molar-refractivity contribution in [2.24, 2.45) is 0 Å². The third-order valence-corrected chi connectivity index (χ3v) is 2.12. The number of Topliss-reactive ketones (excluding diaryl/α,β-unsaturated/α-hetero) is 1. The highest BCUT2D eigenvalue weighted by molar-refractivity contribution is 6.34. The van der Waals surface area contributed by atoms with Crippen LogP contribution in [-0.2, 0) is 0 Å². The molecule has 14 heavy (non-hydrogen) atoms. The van der Waals surface area contributed by atoms with Gasteiger partial charge < -0.3 is 4.74 Å². The molecule has 0 heterocycles. The van der Waals surface area contributed by atoms with E-state index in [2.05, 4.69) is 0 Å². The SMILES string of the molecule is COc1ccc(Cl)c(C(C)=O)c1C#N. The van der Waals surface area contributed by atoms with Gasteiger partial charge in [-0.15, -0.1) is 0 Å². The van der Waals surface area contributed by atoms with E-state index in [4.69, 9.17) is 21.6 Å². The number of hydrogen-bond donors (Lipinski definition) is 0. The lowest BCUT2D eigenvalue weighted by molar-refractivity contribution is 0.101. The molecule has 0 aliphatic rings. The highest BCUT2D eigenvalue weighted by atomic mass is 35.5. The van der Waals surface area contributed by atoms with E-state index in [1.165, 1.54) is 20.1 Å². The molecule has 72 valence electrons. The molecule has 0 fully saturated rings. The maximum atomic E-state index is 11.2. The fraction of sp³-hybridized carbons (Fsp3) is 0.200. The van der Waals surface area contributed by atoms with Crippen LogP contribution in [0.5, 0.6) is 5.75 Å². The van der Waals surface area contributed by atoms with E-state index in [1.54, 1.807) is 6.07 Å². The Hall–Kier alpha value is -1.53. The van der Waals surface area contributed by atoms with Gasteiger partial charge in [-0.1, -0.05) is 11.6 Å². The molecule has 4 heteroatoms. The van der Waals surface area contributed by atoms with Crippen molar-refractivity contribution in [1.82, 2.24) is 0 Å². The summed E-state index contributed by atoms with van der Waals surface area (Å²) in [6, 6.07) is 5.01. The van der Waals surface area contributed by atoms with E-state index in [0.717, 1.165) is 0 Å². The molecule has 0 aliphatic carbocycles. The zero-order valence-corrected chi connectivity index (χ0v) is 8.55. The Balaban J connectivity index is 3.53. The summed E-state index contributed by atoms with van der Waals surface area (Å²) in [7, 11) is 1.44. The van der Waals surface area contributed by atoms with Crippen molar-refractivity contribution in [3.8, 4) is 11.8 Å². The Morgan fingerprint density at radius 2 is 2.21 bits per heavy atom. The number of ketones is 1. The van der Waals surface area contributed by atoms with E-state index >= 15 is 0 Å². The summed E-state index contributed by atoms with van der Waals surface area (Å²) in [5.74, 6) is 0.118. The highest BCUT2D eigenvalue weighted by Gasteiger charge is 2.16. The van der Waals surface area contributed by atoms with Gasteiger partial charge in [-0.2, -0.15) is 5.26 Å². The lowest BCUT2D eigenvalue weighted by Crippen LogP contribution is -2.00. The van der Waals surface area contributed by atoms with Crippen LogP contribution in [0.1, 0.15) is 22.8 Å². The standard InChI is InChI=1S/C10H8ClNO2/c1-6(13)10-7(5-12)9(14-2)4-3-8(10)11/h3-4H,1-2H3. The molecule has 0 aromatic heterocycles. The minimum atomic E-state index is -0.245. The van der Waals surface area contributed by atoms with Crippen LogP contribution in [0.25, 0.3) is 0 Å². The molecule has 0 N–H and O–H groups in total. The van der Waals surface area contributed by atoms with Crippen LogP contribution >= 0.6 is 11.6 Å². The largest absolute Gasteiger partial charge is 0.495 e. The number of ether oxygens (including phenoxy) is 1. The van der Waals surface area contributed by atoms with Gasteiger partial charge in [0.05, 0.1) is 17.7 Å². The highest BCUT2D eigenvalue weighted by Crippen LogP contribution is 2.28. The average molecular weight is 210 g/mol. The van der Waals surface area contributed by atoms with Crippen LogP contribution in [-0.4, -0.2) is 12.9 Å². The second kappa shape index (κ2) is 4.12. The Labute approximate surface area is 86.9 Å². The predicted octanol–water partition coefficient (Wildman–Crippen LogP) is 2.42. The summed E-state index contributed by atoms with van der Waals surface area (Å²) >= 11 is 5.80. The van der Waals surface area contributed by atoms with Crippen molar-refractivity contribution in [3.05, 3.63) is 28.3 Å². The molecule has 0 bridgehead atoms. The van der Waals surface area contributed by atoms with Gasteiger partial charge in [-0.25, -0.2) is 0 Å². The fourth-order valence-electron chi connectivity index (χ4n) is 1.18. The molecule has 1 aromatic carbocycles. The molecule has 0 unspecified atom stereocenters. The summed E-state index contributed by atoms with van der Waals surface area (Å²) in [5.41, 5.74) is 0.404. The summed E-state index contributed by atoms with van der Waals surface area (Å²) < 4.78 is 4.95. The number of hydrogen-bond acceptors (Lipinski definition) is 3. The van der Waals surface area contributed by atoms with Crippen molar-refractivity contribution < 1.29 is 9.53 Å². The number of nitrogens with zero attached hydrogens (tertiary/aromatic N) is 1. The van der Waals surface area contributed by atoms with E-state index in [1.807, 2.05) is 6.07 Å². The first kappa shape index (κ1) is 10.6. The topological polar surface area (TPSA) is 50.1 Å². The van der Waals surface area contributed by atoms with E-state index in [-0.39, 0.29) is 21.9 Å². The lowest BCUT2D eigenvalue weighted by Gasteiger charge is -2.07. The van der Waals surface area contributed by atoms with Crippen LogP contribution < -0.4 is 4.74 Å². The first-order chi connectivity index (χ1) is 6.61. The molecule has 0 amide bonds. The van der Waals surface area contributed by atoms with Crippen LogP contribution in [0.4, 0.5) is 0 Å². The van der Waals surface area contributed by atoms with Gasteiger partial charge in [-0.3, -0.25) is 4.79 Å². The Kier molecular flexibility index (Phi) is 3.10. The molecule has 1 rings (SSSR count). The molecule has 0 saturated heterocycles. The molecule has 1 aromatic rings.